The van der Waals surface area contributed by atoms with E-state index in [4.69, 9.17) is 32.1 Å². The molecule has 1 N–H and O–H groups in total. The van der Waals surface area contributed by atoms with E-state index in [1.807, 2.05) is 0 Å². The highest BCUT2D eigenvalue weighted by Gasteiger charge is 2.40. The monoisotopic (exact) mass is 486 g/mol. The van der Waals surface area contributed by atoms with Crippen molar-refractivity contribution in [2.75, 3.05) is 11.8 Å². The summed E-state index contributed by atoms with van der Waals surface area (Å²) in [6.45, 7) is 21.6. The van der Waals surface area contributed by atoms with Gasteiger partial charge in [0.15, 0.2) is 16.6 Å². The minimum absolute atomic E-state index is 0.0393. The standard InChI is InChI=1S/C21H44Cl2O4Si2/c1-20(2,3)28(7,8)26-18(14-22)12-16(24)11-17(25)13-19(15-23)27-29(9,10)21(4,5)6/h16,18-19,24H,11-15H2,1-10H3/t16-,18+,19+/m0/s1. The number of rotatable bonds is 12. The van der Waals surface area contributed by atoms with Gasteiger partial charge in [-0.25, -0.2) is 0 Å². The molecule has 0 aromatic heterocycles. The summed E-state index contributed by atoms with van der Waals surface area (Å²) in [5, 5.41) is 10.6. The van der Waals surface area contributed by atoms with E-state index in [-0.39, 0.29) is 46.8 Å². The van der Waals surface area contributed by atoms with Gasteiger partial charge in [-0.3, -0.25) is 4.79 Å². The van der Waals surface area contributed by atoms with Gasteiger partial charge in [-0.1, -0.05) is 41.5 Å². The fourth-order valence-corrected chi connectivity index (χ4v) is 5.74. The van der Waals surface area contributed by atoms with Crippen molar-refractivity contribution in [3.8, 4) is 0 Å². The zero-order chi connectivity index (χ0) is 23.3. The average Bonchev–Trinajstić information content (AvgIpc) is 2.50. The van der Waals surface area contributed by atoms with Crippen molar-refractivity contribution in [2.24, 2.45) is 0 Å². The molecule has 0 aromatic carbocycles. The van der Waals surface area contributed by atoms with Gasteiger partial charge in [0, 0.05) is 24.6 Å². The van der Waals surface area contributed by atoms with Crippen LogP contribution in [0, 0.1) is 0 Å². The van der Waals surface area contributed by atoms with Crippen molar-refractivity contribution in [2.45, 2.75) is 115 Å². The quantitative estimate of drug-likeness (QED) is 0.258. The van der Waals surface area contributed by atoms with Gasteiger partial charge in [-0.2, -0.15) is 0 Å². The molecule has 0 heterocycles. The van der Waals surface area contributed by atoms with Crippen molar-refractivity contribution in [1.82, 2.24) is 0 Å². The Hall–Kier alpha value is 0.564. The van der Waals surface area contributed by atoms with Crippen LogP contribution in [0.1, 0.15) is 60.8 Å². The minimum Gasteiger partial charge on any atom is -0.413 e. The molecule has 0 aliphatic rings. The first-order valence-electron chi connectivity index (χ1n) is 10.5. The molecule has 0 radical (unpaired) electrons. The molecule has 3 atom stereocenters. The lowest BCUT2D eigenvalue weighted by molar-refractivity contribution is -0.122. The van der Waals surface area contributed by atoms with Crippen molar-refractivity contribution >= 4 is 45.6 Å². The Morgan fingerprint density at radius 3 is 1.55 bits per heavy atom. The Morgan fingerprint density at radius 2 is 1.21 bits per heavy atom. The highest BCUT2D eigenvalue weighted by molar-refractivity contribution is 6.74. The van der Waals surface area contributed by atoms with Crippen molar-refractivity contribution in [3.05, 3.63) is 0 Å². The van der Waals surface area contributed by atoms with Crippen molar-refractivity contribution in [1.29, 1.82) is 0 Å². The van der Waals surface area contributed by atoms with E-state index in [1.165, 1.54) is 0 Å². The second-order valence-electron chi connectivity index (χ2n) is 11.1. The van der Waals surface area contributed by atoms with Gasteiger partial charge in [-0.15, -0.1) is 23.2 Å². The van der Waals surface area contributed by atoms with Crippen molar-refractivity contribution < 1.29 is 18.8 Å². The number of alkyl halides is 2. The summed E-state index contributed by atoms with van der Waals surface area (Å²) in [4.78, 5) is 12.5. The molecule has 0 saturated heterocycles. The molecule has 174 valence electrons. The maximum Gasteiger partial charge on any atom is 0.192 e. The van der Waals surface area contributed by atoms with Crippen LogP contribution in [0.4, 0.5) is 0 Å². The van der Waals surface area contributed by atoms with Crippen LogP contribution in [-0.4, -0.2) is 57.6 Å². The molecule has 0 aromatic rings. The molecule has 29 heavy (non-hydrogen) atoms. The van der Waals surface area contributed by atoms with Gasteiger partial charge >= 0.3 is 0 Å². The highest BCUT2D eigenvalue weighted by Crippen LogP contribution is 2.39. The lowest BCUT2D eigenvalue weighted by atomic mass is 10.0. The van der Waals surface area contributed by atoms with Gasteiger partial charge in [0.1, 0.15) is 5.78 Å². The van der Waals surface area contributed by atoms with Crippen LogP contribution in [0.25, 0.3) is 0 Å². The number of hydrogen-bond acceptors (Lipinski definition) is 4. The van der Waals surface area contributed by atoms with Crippen LogP contribution < -0.4 is 0 Å². The van der Waals surface area contributed by atoms with Crippen LogP contribution in [0.5, 0.6) is 0 Å². The lowest BCUT2D eigenvalue weighted by Crippen LogP contribution is -2.45. The third kappa shape index (κ3) is 10.1. The number of carbonyl (C=O) groups is 1. The maximum absolute atomic E-state index is 12.5. The summed E-state index contributed by atoms with van der Waals surface area (Å²) < 4.78 is 12.6. The van der Waals surface area contributed by atoms with Gasteiger partial charge in [0.05, 0.1) is 18.3 Å². The molecule has 0 aliphatic carbocycles. The topological polar surface area (TPSA) is 55.8 Å². The zero-order valence-corrected chi connectivity index (χ0v) is 23.7. The number of aliphatic hydroxyl groups excluding tert-OH is 1. The van der Waals surface area contributed by atoms with Crippen molar-refractivity contribution in [3.63, 3.8) is 0 Å². The summed E-state index contributed by atoms with van der Waals surface area (Å²) in [7, 11) is -3.99. The molecular formula is C21H44Cl2O4Si2. The van der Waals surface area contributed by atoms with E-state index in [1.54, 1.807) is 0 Å². The Balaban J connectivity index is 4.79. The lowest BCUT2D eigenvalue weighted by Gasteiger charge is -2.39. The van der Waals surface area contributed by atoms with Crippen LogP contribution in [0.2, 0.25) is 36.3 Å². The molecule has 0 aliphatic heterocycles. The number of aliphatic hydroxyl groups is 1. The van der Waals surface area contributed by atoms with Crippen LogP contribution >= 0.6 is 23.2 Å². The van der Waals surface area contributed by atoms with Crippen LogP contribution in [0.3, 0.4) is 0 Å². The molecule has 0 saturated carbocycles. The smallest absolute Gasteiger partial charge is 0.192 e. The number of ketones is 1. The SMILES string of the molecule is CC(C)(C)[Si](C)(C)O[C@@H](CCl)CC(=O)C[C@H](O)C[C@H](CCl)O[Si](C)(C)C(C)(C)C. The minimum atomic E-state index is -2.00. The second kappa shape index (κ2) is 11.4. The number of Topliss-reactive ketones (excluding diaryl/α,β-unsaturated/α-hetero) is 1. The molecule has 8 heteroatoms. The molecule has 0 bridgehead atoms. The molecular weight excluding hydrogens is 443 g/mol. The van der Waals surface area contributed by atoms with E-state index in [0.717, 1.165) is 0 Å². The summed E-state index contributed by atoms with van der Waals surface area (Å²) in [6.07, 6.45) is -0.697. The first kappa shape index (κ1) is 29.6. The number of hydrogen-bond donors (Lipinski definition) is 1. The first-order valence-corrected chi connectivity index (χ1v) is 17.4. The normalized spacial score (nSPS) is 17.1. The fraction of sp³-hybridized carbons (Fsp3) is 0.952. The van der Waals surface area contributed by atoms with Gasteiger partial charge < -0.3 is 14.0 Å². The van der Waals surface area contributed by atoms with E-state index in [2.05, 4.69) is 67.7 Å². The molecule has 0 amide bonds. The molecule has 4 nitrogen and oxygen atoms in total. The average molecular weight is 488 g/mol. The number of halogens is 2. The Kier molecular flexibility index (Phi) is 11.7. The number of carbonyl (C=O) groups excluding carboxylic acids is 1. The van der Waals surface area contributed by atoms with Crippen LogP contribution in [-0.2, 0) is 13.6 Å². The third-order valence-corrected chi connectivity index (χ3v) is 16.1. The molecule has 0 unspecified atom stereocenters. The predicted octanol–water partition coefficient (Wildman–Crippen LogP) is 6.35. The zero-order valence-electron chi connectivity index (χ0n) is 20.2. The molecule has 0 spiro atoms. The molecule has 0 fully saturated rings. The largest absolute Gasteiger partial charge is 0.413 e. The fourth-order valence-electron chi connectivity index (χ4n) is 2.44. The highest BCUT2D eigenvalue weighted by atomic mass is 35.5. The van der Waals surface area contributed by atoms with Gasteiger partial charge in [0.2, 0.25) is 0 Å². The third-order valence-electron chi connectivity index (χ3n) is 6.33. The Labute approximate surface area is 191 Å². The van der Waals surface area contributed by atoms with E-state index in [0.29, 0.717) is 12.3 Å². The van der Waals surface area contributed by atoms with Crippen LogP contribution in [0.15, 0.2) is 0 Å². The summed E-state index contributed by atoms with van der Waals surface area (Å²) in [5.74, 6) is 0.534. The maximum atomic E-state index is 12.5. The second-order valence-corrected chi connectivity index (χ2v) is 21.3. The Bertz CT molecular complexity index is 514. The summed E-state index contributed by atoms with van der Waals surface area (Å²) in [5.41, 5.74) is 0. The molecule has 0 rings (SSSR count). The van der Waals surface area contributed by atoms with E-state index >= 15 is 0 Å². The Morgan fingerprint density at radius 1 is 0.828 bits per heavy atom. The van der Waals surface area contributed by atoms with E-state index < -0.39 is 22.7 Å². The summed E-state index contributed by atoms with van der Waals surface area (Å²) >= 11 is 12.2. The summed E-state index contributed by atoms with van der Waals surface area (Å²) in [6, 6.07) is 0. The van der Waals surface area contributed by atoms with Gasteiger partial charge in [-0.05, 0) is 42.7 Å². The predicted molar refractivity (Wildman–Crippen MR) is 130 cm³/mol. The van der Waals surface area contributed by atoms with E-state index in [9.17, 15) is 9.90 Å². The van der Waals surface area contributed by atoms with Gasteiger partial charge in [0.25, 0.3) is 0 Å². The first-order chi connectivity index (χ1) is 12.9.